The van der Waals surface area contributed by atoms with Crippen LogP contribution in [0.5, 0.6) is 0 Å². The molecular formula is C53H35N3OS. The molecule has 2 N–H and O–H groups in total. The van der Waals surface area contributed by atoms with Crippen molar-refractivity contribution in [2.45, 2.75) is 12.3 Å². The lowest BCUT2D eigenvalue weighted by Crippen LogP contribution is -2.45. The molecule has 0 radical (unpaired) electrons. The fraction of sp³-hybridized carbons (Fsp3) is 0.0377. The molecule has 1 aliphatic heterocycles. The van der Waals surface area contributed by atoms with Gasteiger partial charge in [0.05, 0.1) is 0 Å². The molecule has 12 rings (SSSR count). The number of nitrogens with one attached hydrogen (secondary N) is 2. The lowest BCUT2D eigenvalue weighted by Gasteiger charge is -2.32. The Labute approximate surface area is 338 Å². The maximum atomic E-state index is 6.92. The highest BCUT2D eigenvalue weighted by Crippen LogP contribution is 2.42. The van der Waals surface area contributed by atoms with E-state index in [0.29, 0.717) is 0 Å². The van der Waals surface area contributed by atoms with Crippen molar-refractivity contribution < 1.29 is 4.42 Å². The smallest absolute Gasteiger partial charge is 0.143 e. The Hall–Kier alpha value is -7.05. The molecule has 0 saturated carbocycles. The molecule has 0 amide bonds. The summed E-state index contributed by atoms with van der Waals surface area (Å²) in [5.74, 6) is 0.849. The third-order valence-electron chi connectivity index (χ3n) is 11.8. The van der Waals surface area contributed by atoms with Gasteiger partial charge in [0.25, 0.3) is 0 Å². The first-order chi connectivity index (χ1) is 28.7. The minimum atomic E-state index is -0.297. The molecule has 274 valence electrons. The third-order valence-corrected chi connectivity index (χ3v) is 12.9. The summed E-state index contributed by atoms with van der Waals surface area (Å²) >= 11 is 1.83. The molecule has 5 heteroatoms. The molecule has 1 aliphatic rings. The minimum absolute atomic E-state index is 0.291. The quantitative estimate of drug-likeness (QED) is 0.184. The van der Waals surface area contributed by atoms with Gasteiger partial charge in [-0.3, -0.25) is 5.32 Å². The van der Waals surface area contributed by atoms with Crippen molar-refractivity contribution in [3.63, 3.8) is 0 Å². The van der Waals surface area contributed by atoms with Crippen LogP contribution >= 0.6 is 11.3 Å². The summed E-state index contributed by atoms with van der Waals surface area (Å²) in [7, 11) is 0. The van der Waals surface area contributed by atoms with E-state index in [9.17, 15) is 0 Å². The van der Waals surface area contributed by atoms with Gasteiger partial charge in [0.1, 0.15) is 29.3 Å². The van der Waals surface area contributed by atoms with Crippen LogP contribution in [-0.2, 0) is 0 Å². The first-order valence-corrected chi connectivity index (χ1v) is 20.6. The highest BCUT2D eigenvalue weighted by atomic mass is 32.1. The predicted molar refractivity (Wildman–Crippen MR) is 244 cm³/mol. The molecule has 11 aromatic rings. The van der Waals surface area contributed by atoms with Crippen molar-refractivity contribution in [2.24, 2.45) is 4.99 Å². The van der Waals surface area contributed by atoms with Gasteiger partial charge in [-0.15, -0.1) is 11.3 Å². The zero-order chi connectivity index (χ0) is 38.2. The number of fused-ring (bicyclic) bond motifs is 9. The Bertz CT molecular complexity index is 3410. The van der Waals surface area contributed by atoms with Crippen LogP contribution in [0, 0.1) is 0 Å². The highest BCUT2D eigenvalue weighted by molar-refractivity contribution is 7.25. The second-order valence-corrected chi connectivity index (χ2v) is 16.2. The fourth-order valence-electron chi connectivity index (χ4n) is 8.92. The molecule has 2 unspecified atom stereocenters. The van der Waals surface area contributed by atoms with Crippen molar-refractivity contribution in [1.82, 2.24) is 10.6 Å². The van der Waals surface area contributed by atoms with Crippen molar-refractivity contribution in [3.05, 3.63) is 205 Å². The van der Waals surface area contributed by atoms with Crippen molar-refractivity contribution in [1.29, 1.82) is 0 Å². The average Bonchev–Trinajstić information content (AvgIpc) is 3.87. The van der Waals surface area contributed by atoms with Gasteiger partial charge in [-0.05, 0) is 74.3 Å². The Morgan fingerprint density at radius 2 is 1.17 bits per heavy atom. The maximum Gasteiger partial charge on any atom is 0.143 e. The number of benzene rings is 9. The van der Waals surface area contributed by atoms with E-state index in [1.165, 1.54) is 42.1 Å². The van der Waals surface area contributed by atoms with Gasteiger partial charge in [-0.25, -0.2) is 4.99 Å². The van der Waals surface area contributed by atoms with Crippen LogP contribution in [0.25, 0.3) is 85.9 Å². The van der Waals surface area contributed by atoms with Crippen molar-refractivity contribution in [3.8, 4) is 22.3 Å². The molecule has 0 bridgehead atoms. The second-order valence-electron chi connectivity index (χ2n) is 15.2. The Morgan fingerprint density at radius 1 is 0.483 bits per heavy atom. The first kappa shape index (κ1) is 33.1. The van der Waals surface area contributed by atoms with Crippen molar-refractivity contribution in [2.75, 3.05) is 0 Å². The van der Waals surface area contributed by atoms with Gasteiger partial charge in [0.15, 0.2) is 0 Å². The largest absolute Gasteiger partial charge is 0.455 e. The molecule has 2 atom stereocenters. The van der Waals surface area contributed by atoms with E-state index in [2.05, 4.69) is 199 Å². The number of nitrogens with zero attached hydrogens (tertiary/aromatic N) is 1. The summed E-state index contributed by atoms with van der Waals surface area (Å²) in [5.41, 5.74) is 9.66. The van der Waals surface area contributed by atoms with Crippen molar-refractivity contribution >= 4 is 80.8 Å². The van der Waals surface area contributed by atoms with E-state index in [-0.39, 0.29) is 12.3 Å². The summed E-state index contributed by atoms with van der Waals surface area (Å²) in [6.07, 6.45) is -0.589. The molecule has 0 fully saturated rings. The summed E-state index contributed by atoms with van der Waals surface area (Å²) < 4.78 is 9.47. The standard InChI is InChI=1S/C53H35N3OS/c1-2-13-36(14-3-1)51-54-52(37-26-27-43-42-18-8-9-20-47(42)58-48(43)31-37)56-53(55-51)45-29-38(30-46-49(45)44-28-25-34-12-5-7-17-41(34)50(44)57-46)32-21-23-35(24-22-32)40-19-10-15-33-11-4-6-16-39(33)40/h1-31,52-53,56H,(H,54,55). The molecule has 58 heavy (non-hydrogen) atoms. The number of rotatable bonds is 5. The topological polar surface area (TPSA) is 49.6 Å². The number of hydrogen-bond acceptors (Lipinski definition) is 5. The highest BCUT2D eigenvalue weighted by Gasteiger charge is 2.29. The minimum Gasteiger partial charge on any atom is -0.455 e. The van der Waals surface area contributed by atoms with Gasteiger partial charge in [0, 0.05) is 47.5 Å². The number of hydrogen-bond donors (Lipinski definition) is 2. The lowest BCUT2D eigenvalue weighted by atomic mass is 9.93. The van der Waals surface area contributed by atoms with E-state index < -0.39 is 0 Å². The zero-order valence-corrected chi connectivity index (χ0v) is 32.1. The maximum absolute atomic E-state index is 6.92. The van der Waals surface area contributed by atoms with Crippen LogP contribution in [-0.4, -0.2) is 5.84 Å². The normalized spacial score (nSPS) is 15.8. The molecule has 0 aliphatic carbocycles. The first-order valence-electron chi connectivity index (χ1n) is 19.8. The molecule has 9 aromatic carbocycles. The van der Waals surface area contributed by atoms with E-state index in [1.54, 1.807) is 0 Å². The summed E-state index contributed by atoms with van der Waals surface area (Å²) in [4.78, 5) is 5.35. The summed E-state index contributed by atoms with van der Waals surface area (Å²) in [6.45, 7) is 0. The van der Waals surface area contributed by atoms with E-state index in [0.717, 1.165) is 66.4 Å². The van der Waals surface area contributed by atoms with Crippen LogP contribution in [0.4, 0.5) is 0 Å². The van der Waals surface area contributed by atoms with Crippen LogP contribution < -0.4 is 10.6 Å². The lowest BCUT2D eigenvalue weighted by molar-refractivity contribution is 0.411. The fourth-order valence-corrected chi connectivity index (χ4v) is 10.1. The van der Waals surface area contributed by atoms with Crippen LogP contribution in [0.3, 0.4) is 0 Å². The monoisotopic (exact) mass is 761 g/mol. The van der Waals surface area contributed by atoms with Gasteiger partial charge in [-0.1, -0.05) is 158 Å². The van der Waals surface area contributed by atoms with E-state index in [4.69, 9.17) is 9.41 Å². The second kappa shape index (κ2) is 13.3. The SMILES string of the molecule is c1ccc(C2=NC(c3ccc4c(c3)sc3ccccc34)NC(c3cc(-c4ccc(-c5cccc6ccccc56)cc4)cc4oc5c6ccccc6ccc5c34)N2)cc1. The molecule has 2 aromatic heterocycles. The van der Waals surface area contributed by atoms with Crippen LogP contribution in [0.15, 0.2) is 197 Å². The number of thiophene rings is 1. The molecule has 0 spiro atoms. The Balaban J connectivity index is 1.03. The third kappa shape index (κ3) is 5.43. The predicted octanol–water partition coefficient (Wildman–Crippen LogP) is 13.9. The summed E-state index contributed by atoms with van der Waals surface area (Å²) in [5, 5.41) is 17.3. The number of furan rings is 1. The Morgan fingerprint density at radius 3 is 2.03 bits per heavy atom. The molecule has 0 saturated heterocycles. The van der Waals surface area contributed by atoms with Gasteiger partial charge in [-0.2, -0.15) is 0 Å². The Kier molecular flexibility index (Phi) is 7.58. The van der Waals surface area contributed by atoms with E-state index in [1.807, 2.05) is 11.3 Å². The van der Waals surface area contributed by atoms with Crippen LogP contribution in [0.2, 0.25) is 0 Å². The average molecular weight is 762 g/mol. The van der Waals surface area contributed by atoms with Gasteiger partial charge in [0.2, 0.25) is 0 Å². The van der Waals surface area contributed by atoms with Gasteiger partial charge < -0.3 is 9.73 Å². The molecule has 3 heterocycles. The zero-order valence-electron chi connectivity index (χ0n) is 31.3. The summed E-state index contributed by atoms with van der Waals surface area (Å²) in [6, 6.07) is 67.4. The number of amidine groups is 1. The van der Waals surface area contributed by atoms with Crippen LogP contribution in [0.1, 0.15) is 29.0 Å². The molecular weight excluding hydrogens is 727 g/mol. The van der Waals surface area contributed by atoms with E-state index >= 15 is 0 Å². The van der Waals surface area contributed by atoms with Gasteiger partial charge >= 0.3 is 0 Å². The number of aliphatic imine (C=N–C) groups is 1. The molecule has 4 nitrogen and oxygen atoms in total.